The lowest BCUT2D eigenvalue weighted by Crippen LogP contribution is -2.11. The Labute approximate surface area is 135 Å². The zero-order chi connectivity index (χ0) is 15.4. The highest BCUT2D eigenvalue weighted by atomic mass is 32.1. The van der Waals surface area contributed by atoms with Gasteiger partial charge in [-0.25, -0.2) is 0 Å². The molecule has 1 aliphatic rings. The van der Waals surface area contributed by atoms with Gasteiger partial charge in [0.15, 0.2) is 0 Å². The van der Waals surface area contributed by atoms with Gasteiger partial charge in [0.1, 0.15) is 5.75 Å². The summed E-state index contributed by atoms with van der Waals surface area (Å²) >= 11 is 1.64. The molecule has 3 nitrogen and oxygen atoms in total. The van der Waals surface area contributed by atoms with Gasteiger partial charge in [-0.3, -0.25) is 4.79 Å². The molecule has 3 rings (SSSR count). The molecule has 1 heterocycles. The van der Waals surface area contributed by atoms with Gasteiger partial charge >= 0.3 is 0 Å². The minimum atomic E-state index is -0.0368. The fourth-order valence-electron chi connectivity index (χ4n) is 2.81. The molecule has 0 spiro atoms. The average molecular weight is 315 g/mol. The number of ether oxygens (including phenoxy) is 1. The fraction of sp³-hybridized carbons (Fsp3) is 0.389. The van der Waals surface area contributed by atoms with Gasteiger partial charge in [0.05, 0.1) is 17.2 Å². The number of fused-ring (bicyclic) bond motifs is 1. The van der Waals surface area contributed by atoms with Gasteiger partial charge in [-0.1, -0.05) is 18.6 Å². The highest BCUT2D eigenvalue weighted by Crippen LogP contribution is 2.30. The number of benzene rings is 1. The van der Waals surface area contributed by atoms with E-state index in [1.807, 2.05) is 31.2 Å². The Hall–Kier alpha value is -1.81. The molecule has 0 bridgehead atoms. The van der Waals surface area contributed by atoms with Crippen molar-refractivity contribution in [2.75, 3.05) is 11.9 Å². The molecule has 116 valence electrons. The van der Waals surface area contributed by atoms with Gasteiger partial charge in [-0.2, -0.15) is 0 Å². The number of carbonyl (C=O) groups is 1. The minimum absolute atomic E-state index is 0.0368. The molecule has 2 aromatic rings. The highest BCUT2D eigenvalue weighted by Gasteiger charge is 2.17. The van der Waals surface area contributed by atoms with Crippen LogP contribution in [0.5, 0.6) is 5.75 Å². The van der Waals surface area contributed by atoms with Crippen LogP contribution in [-0.2, 0) is 12.8 Å². The van der Waals surface area contributed by atoms with E-state index in [4.69, 9.17) is 4.74 Å². The predicted molar refractivity (Wildman–Crippen MR) is 91.1 cm³/mol. The molecule has 22 heavy (non-hydrogen) atoms. The van der Waals surface area contributed by atoms with Crippen LogP contribution in [0, 0.1) is 0 Å². The number of anilines is 1. The molecule has 0 radical (unpaired) electrons. The lowest BCUT2D eigenvalue weighted by molar-refractivity contribution is 0.103. The number of aryl methyl sites for hydroxylation is 2. The van der Waals surface area contributed by atoms with Gasteiger partial charge in [-0.05, 0) is 56.4 Å². The van der Waals surface area contributed by atoms with E-state index in [2.05, 4.69) is 11.4 Å². The van der Waals surface area contributed by atoms with Crippen molar-refractivity contribution in [1.82, 2.24) is 0 Å². The summed E-state index contributed by atoms with van der Waals surface area (Å²) < 4.78 is 5.56. The average Bonchev–Trinajstić information content (AvgIpc) is 2.81. The van der Waals surface area contributed by atoms with Crippen LogP contribution in [0.3, 0.4) is 0 Å². The second-order valence-electron chi connectivity index (χ2n) is 5.50. The number of nitrogens with one attached hydrogen (secondary N) is 1. The summed E-state index contributed by atoms with van der Waals surface area (Å²) in [6.07, 6.45) is 5.99. The normalized spacial score (nSPS) is 14.0. The summed E-state index contributed by atoms with van der Waals surface area (Å²) in [4.78, 5) is 14.7. The molecule has 1 aromatic carbocycles. The first-order chi connectivity index (χ1) is 10.8. The van der Waals surface area contributed by atoms with E-state index in [9.17, 15) is 4.79 Å². The minimum Gasteiger partial charge on any atom is -0.492 e. The lowest BCUT2D eigenvalue weighted by atomic mass is 10.1. The molecular formula is C18H21NO2S. The van der Waals surface area contributed by atoms with Crippen molar-refractivity contribution in [1.29, 1.82) is 0 Å². The monoisotopic (exact) mass is 315 g/mol. The topological polar surface area (TPSA) is 38.3 Å². The summed E-state index contributed by atoms with van der Waals surface area (Å²) in [5.74, 6) is 0.682. The van der Waals surface area contributed by atoms with Gasteiger partial charge < -0.3 is 10.1 Å². The van der Waals surface area contributed by atoms with Crippen molar-refractivity contribution < 1.29 is 9.53 Å². The molecule has 1 amide bonds. The van der Waals surface area contributed by atoms with Crippen LogP contribution in [0.2, 0.25) is 0 Å². The first kappa shape index (κ1) is 15.1. The largest absolute Gasteiger partial charge is 0.492 e. The van der Waals surface area contributed by atoms with Crippen LogP contribution in [0.25, 0.3) is 0 Å². The summed E-state index contributed by atoms with van der Waals surface area (Å²) in [6.45, 7) is 2.52. The maximum atomic E-state index is 12.5. The van der Waals surface area contributed by atoms with E-state index >= 15 is 0 Å². The van der Waals surface area contributed by atoms with Crippen molar-refractivity contribution in [2.24, 2.45) is 0 Å². The second kappa shape index (κ2) is 6.97. The van der Waals surface area contributed by atoms with Crippen LogP contribution in [-0.4, -0.2) is 12.5 Å². The fourth-order valence-corrected chi connectivity index (χ4v) is 3.96. The summed E-state index contributed by atoms with van der Waals surface area (Å²) in [6, 6.07) is 9.64. The third-order valence-corrected chi connectivity index (χ3v) is 5.14. The molecule has 1 aromatic heterocycles. The molecule has 4 heteroatoms. The highest BCUT2D eigenvalue weighted by molar-refractivity contribution is 7.14. The van der Waals surface area contributed by atoms with Gasteiger partial charge in [0.25, 0.3) is 5.91 Å². The Bertz CT molecular complexity index is 639. The Morgan fingerprint density at radius 3 is 2.91 bits per heavy atom. The lowest BCUT2D eigenvalue weighted by Gasteiger charge is -2.10. The number of amides is 1. The van der Waals surface area contributed by atoms with Crippen LogP contribution >= 0.6 is 11.3 Å². The Morgan fingerprint density at radius 1 is 1.23 bits per heavy atom. The van der Waals surface area contributed by atoms with E-state index in [1.54, 1.807) is 11.3 Å². The van der Waals surface area contributed by atoms with Crippen molar-refractivity contribution in [2.45, 2.75) is 39.0 Å². The molecule has 0 atom stereocenters. The van der Waals surface area contributed by atoms with Crippen LogP contribution in [0.4, 0.5) is 5.69 Å². The molecule has 0 fully saturated rings. The SMILES string of the molecule is CCOc1ccccc1NC(=O)c1cc2c(s1)CCCCC2. The number of rotatable bonds is 4. The van der Waals surface area contributed by atoms with Crippen molar-refractivity contribution in [3.8, 4) is 5.75 Å². The van der Waals surface area contributed by atoms with E-state index in [0.717, 1.165) is 29.2 Å². The third-order valence-electron chi connectivity index (χ3n) is 3.91. The molecule has 1 N–H and O–H groups in total. The number of hydrogen-bond donors (Lipinski definition) is 1. The second-order valence-corrected chi connectivity index (χ2v) is 6.64. The van der Waals surface area contributed by atoms with E-state index < -0.39 is 0 Å². The number of carbonyl (C=O) groups excluding carboxylic acids is 1. The maximum Gasteiger partial charge on any atom is 0.265 e. The quantitative estimate of drug-likeness (QED) is 0.833. The molecule has 1 aliphatic carbocycles. The smallest absolute Gasteiger partial charge is 0.265 e. The number of hydrogen-bond acceptors (Lipinski definition) is 3. The van der Waals surface area contributed by atoms with Gasteiger partial charge in [0.2, 0.25) is 0 Å². The molecule has 0 saturated carbocycles. The summed E-state index contributed by atoms with van der Waals surface area (Å²) in [5, 5.41) is 2.98. The van der Waals surface area contributed by atoms with E-state index in [1.165, 1.54) is 29.7 Å². The zero-order valence-corrected chi connectivity index (χ0v) is 13.7. The number of para-hydroxylation sites is 2. The van der Waals surface area contributed by atoms with Gasteiger partial charge in [-0.15, -0.1) is 11.3 Å². The van der Waals surface area contributed by atoms with Gasteiger partial charge in [0, 0.05) is 4.88 Å². The number of thiophene rings is 1. The predicted octanol–water partition coefficient (Wildman–Crippen LogP) is 4.67. The van der Waals surface area contributed by atoms with Crippen LogP contribution < -0.4 is 10.1 Å². The van der Waals surface area contributed by atoms with E-state index in [-0.39, 0.29) is 5.91 Å². The van der Waals surface area contributed by atoms with Crippen molar-refractivity contribution in [3.63, 3.8) is 0 Å². The standard InChI is InChI=1S/C18H21NO2S/c1-2-21-15-10-7-6-9-14(15)19-18(20)17-12-13-8-4-3-5-11-16(13)22-17/h6-7,9-10,12H,2-5,8,11H2,1H3,(H,19,20). The van der Waals surface area contributed by atoms with E-state index in [0.29, 0.717) is 6.61 Å². The van der Waals surface area contributed by atoms with Crippen LogP contribution in [0.1, 0.15) is 46.3 Å². The Kier molecular flexibility index (Phi) is 4.78. The first-order valence-electron chi connectivity index (χ1n) is 7.92. The zero-order valence-electron chi connectivity index (χ0n) is 12.9. The molecule has 0 unspecified atom stereocenters. The Balaban J connectivity index is 1.77. The Morgan fingerprint density at radius 2 is 2.05 bits per heavy atom. The van der Waals surface area contributed by atoms with Crippen molar-refractivity contribution in [3.05, 3.63) is 45.6 Å². The van der Waals surface area contributed by atoms with Crippen molar-refractivity contribution >= 4 is 22.9 Å². The van der Waals surface area contributed by atoms with Crippen LogP contribution in [0.15, 0.2) is 30.3 Å². The summed E-state index contributed by atoms with van der Waals surface area (Å²) in [5.41, 5.74) is 2.10. The maximum absolute atomic E-state index is 12.5. The molecule has 0 aliphatic heterocycles. The summed E-state index contributed by atoms with van der Waals surface area (Å²) in [7, 11) is 0. The molecular weight excluding hydrogens is 294 g/mol. The molecule has 0 saturated heterocycles. The third kappa shape index (κ3) is 3.33. The first-order valence-corrected chi connectivity index (χ1v) is 8.74.